The Bertz CT molecular complexity index is 1280. The van der Waals surface area contributed by atoms with Crippen LogP contribution in [-0.2, 0) is 14.8 Å². The summed E-state index contributed by atoms with van der Waals surface area (Å²) in [5, 5.41) is 3.43. The van der Waals surface area contributed by atoms with Gasteiger partial charge in [0.05, 0.1) is 6.61 Å². The van der Waals surface area contributed by atoms with E-state index in [0.717, 1.165) is 4.88 Å². The number of carbonyl (C=O) groups excluding carboxylic acids is 1. The number of carbonyl (C=O) groups is 1. The van der Waals surface area contributed by atoms with Crippen LogP contribution in [0.2, 0.25) is 0 Å². The third-order valence-corrected chi connectivity index (χ3v) is 6.92. The van der Waals surface area contributed by atoms with E-state index < -0.39 is 16.0 Å². The van der Waals surface area contributed by atoms with Crippen LogP contribution in [0.1, 0.15) is 27.7 Å². The molecule has 9 heteroatoms. The number of rotatable bonds is 4. The highest BCUT2D eigenvalue weighted by Crippen LogP contribution is 2.41. The molecule has 1 aromatic heterocycles. The third kappa shape index (κ3) is 3.50. The van der Waals surface area contributed by atoms with Crippen LogP contribution >= 0.6 is 11.3 Å². The van der Waals surface area contributed by atoms with E-state index in [0.29, 0.717) is 21.7 Å². The van der Waals surface area contributed by atoms with Gasteiger partial charge in [0.25, 0.3) is 10.0 Å². The van der Waals surface area contributed by atoms with Crippen LogP contribution in [0.3, 0.4) is 0 Å². The third-order valence-electron chi connectivity index (χ3n) is 4.56. The van der Waals surface area contributed by atoms with E-state index >= 15 is 0 Å². The second kappa shape index (κ2) is 7.66. The molecule has 6 nitrogen and oxygen atoms in total. The number of sulfonamides is 1. The van der Waals surface area contributed by atoms with Crippen LogP contribution in [0.4, 0.5) is 9.39 Å². The number of hydrogen-bond acceptors (Lipinski definition) is 6. The number of ether oxygens (including phenoxy) is 1. The highest BCUT2D eigenvalue weighted by atomic mass is 32.2. The van der Waals surface area contributed by atoms with Crippen molar-refractivity contribution >= 4 is 38.2 Å². The molecule has 0 radical (unpaired) electrons. The van der Waals surface area contributed by atoms with Gasteiger partial charge in [0.15, 0.2) is 5.84 Å². The van der Waals surface area contributed by atoms with Gasteiger partial charge in [-0.1, -0.05) is 24.3 Å². The first-order chi connectivity index (χ1) is 14.3. The normalized spacial score (nSPS) is 14.2. The molecule has 0 aliphatic carbocycles. The summed E-state index contributed by atoms with van der Waals surface area (Å²) < 4.78 is 47.2. The minimum Gasteiger partial charge on any atom is -0.462 e. The summed E-state index contributed by atoms with van der Waals surface area (Å²) in [4.78, 5) is 13.7. The molecule has 0 saturated heterocycles. The van der Waals surface area contributed by atoms with Crippen LogP contribution in [0.5, 0.6) is 0 Å². The molecule has 1 N–H and O–H groups in total. The predicted octanol–water partition coefficient (Wildman–Crippen LogP) is 4.60. The fourth-order valence-corrected chi connectivity index (χ4v) is 5.54. The number of hydrogen-bond donors (Lipinski definition) is 1. The van der Waals surface area contributed by atoms with Gasteiger partial charge < -0.3 is 10.1 Å². The molecule has 154 valence electrons. The maximum Gasteiger partial charge on any atom is 0.341 e. The second-order valence-electron chi connectivity index (χ2n) is 6.50. The van der Waals surface area contributed by atoms with Gasteiger partial charge in [-0.05, 0) is 43.7 Å². The fourth-order valence-electron chi connectivity index (χ4n) is 3.30. The number of thiophene rings is 1. The SMILES string of the molecule is CCOC(=O)c1c(NC2=NS(=O)(=O)c3ccccc32)sc(C)c1-c1ccc(F)cc1. The van der Waals surface area contributed by atoms with Crippen molar-refractivity contribution in [2.24, 2.45) is 4.40 Å². The first-order valence-electron chi connectivity index (χ1n) is 9.09. The van der Waals surface area contributed by atoms with E-state index in [4.69, 9.17) is 4.74 Å². The molecule has 2 aromatic carbocycles. The molecule has 0 saturated carbocycles. The van der Waals surface area contributed by atoms with E-state index in [-0.39, 0.29) is 28.7 Å². The Kier molecular flexibility index (Phi) is 5.17. The molecular formula is C21H17FN2O4S2. The summed E-state index contributed by atoms with van der Waals surface area (Å²) in [6.07, 6.45) is 0. The number of nitrogens with zero attached hydrogens (tertiary/aromatic N) is 1. The minimum atomic E-state index is -3.81. The van der Waals surface area contributed by atoms with Gasteiger partial charge in [-0.2, -0.15) is 8.42 Å². The van der Waals surface area contributed by atoms with Gasteiger partial charge >= 0.3 is 5.97 Å². The minimum absolute atomic E-state index is 0.109. The highest BCUT2D eigenvalue weighted by Gasteiger charge is 2.31. The Balaban J connectivity index is 1.84. The van der Waals surface area contributed by atoms with Gasteiger partial charge in [-0.3, -0.25) is 0 Å². The lowest BCUT2D eigenvalue weighted by Gasteiger charge is -2.10. The Labute approximate surface area is 177 Å². The maximum absolute atomic E-state index is 13.4. The average molecular weight is 445 g/mol. The van der Waals surface area contributed by atoms with Gasteiger partial charge in [0.2, 0.25) is 0 Å². The van der Waals surface area contributed by atoms with E-state index in [1.807, 2.05) is 6.92 Å². The standard InChI is InChI=1S/C21H17FN2O4S2/c1-3-28-21(25)18-17(13-8-10-14(22)11-9-13)12(2)29-20(18)23-19-15-6-4-5-7-16(15)30(26,27)24-19/h4-11H,3H2,1-2H3,(H,23,24). The number of benzene rings is 2. The van der Waals surface area contributed by atoms with Crippen LogP contribution < -0.4 is 5.32 Å². The molecule has 3 aromatic rings. The topological polar surface area (TPSA) is 84.8 Å². The second-order valence-corrected chi connectivity index (χ2v) is 9.30. The Morgan fingerprint density at radius 2 is 1.87 bits per heavy atom. The first-order valence-corrected chi connectivity index (χ1v) is 11.4. The van der Waals surface area contributed by atoms with Crippen LogP contribution in [-0.4, -0.2) is 26.8 Å². The molecule has 30 heavy (non-hydrogen) atoms. The van der Waals surface area contributed by atoms with Crippen molar-refractivity contribution in [1.29, 1.82) is 0 Å². The lowest BCUT2D eigenvalue weighted by atomic mass is 10.0. The summed E-state index contributed by atoms with van der Waals surface area (Å²) in [5.74, 6) is -0.800. The van der Waals surface area contributed by atoms with Gasteiger partial charge in [0, 0.05) is 16.0 Å². The summed E-state index contributed by atoms with van der Waals surface area (Å²) in [6, 6.07) is 12.3. The lowest BCUT2D eigenvalue weighted by Crippen LogP contribution is -2.14. The molecule has 0 bridgehead atoms. The largest absolute Gasteiger partial charge is 0.462 e. The van der Waals surface area contributed by atoms with Crippen LogP contribution in [0.15, 0.2) is 57.8 Å². The molecule has 4 rings (SSSR count). The van der Waals surface area contributed by atoms with E-state index in [9.17, 15) is 17.6 Å². The molecule has 0 unspecified atom stereocenters. The van der Waals surface area contributed by atoms with Crippen molar-refractivity contribution in [3.05, 3.63) is 70.4 Å². The summed E-state index contributed by atoms with van der Waals surface area (Å²) in [5.41, 5.74) is 1.95. The maximum atomic E-state index is 13.4. The molecule has 0 amide bonds. The van der Waals surface area contributed by atoms with Gasteiger partial charge in [0.1, 0.15) is 21.3 Å². The highest BCUT2D eigenvalue weighted by molar-refractivity contribution is 7.90. The van der Waals surface area contributed by atoms with Crippen molar-refractivity contribution < 1.29 is 22.3 Å². The zero-order chi connectivity index (χ0) is 21.5. The molecule has 0 atom stereocenters. The number of esters is 1. The van der Waals surface area contributed by atoms with Gasteiger partial charge in [-0.25, -0.2) is 9.18 Å². The fraction of sp³-hybridized carbons (Fsp3) is 0.143. The number of anilines is 1. The summed E-state index contributed by atoms with van der Waals surface area (Å²) in [6.45, 7) is 3.71. The zero-order valence-corrected chi connectivity index (χ0v) is 17.7. The van der Waals surface area contributed by atoms with Gasteiger partial charge in [-0.15, -0.1) is 15.7 Å². The molecule has 1 aliphatic heterocycles. The van der Waals surface area contributed by atoms with Crippen LogP contribution in [0.25, 0.3) is 11.1 Å². The van der Waals surface area contributed by atoms with Crippen molar-refractivity contribution in [2.45, 2.75) is 18.7 Å². The average Bonchev–Trinajstić information content (AvgIpc) is 3.16. The monoisotopic (exact) mass is 444 g/mol. The first kappa shape index (κ1) is 20.2. The molecular weight excluding hydrogens is 427 g/mol. The van der Waals surface area contributed by atoms with Crippen molar-refractivity contribution in [3.63, 3.8) is 0 Å². The van der Waals surface area contributed by atoms with E-state index in [1.54, 1.807) is 37.3 Å². The van der Waals surface area contributed by atoms with E-state index in [2.05, 4.69) is 9.71 Å². The van der Waals surface area contributed by atoms with Crippen molar-refractivity contribution in [1.82, 2.24) is 0 Å². The Morgan fingerprint density at radius 3 is 2.57 bits per heavy atom. The number of fused-ring (bicyclic) bond motifs is 1. The molecule has 0 spiro atoms. The zero-order valence-electron chi connectivity index (χ0n) is 16.1. The number of amidine groups is 1. The molecule has 1 aliphatic rings. The molecule has 0 fully saturated rings. The predicted molar refractivity (Wildman–Crippen MR) is 114 cm³/mol. The number of halogens is 1. The lowest BCUT2D eigenvalue weighted by molar-refractivity contribution is 0.0529. The number of nitrogens with one attached hydrogen (secondary N) is 1. The smallest absolute Gasteiger partial charge is 0.341 e. The summed E-state index contributed by atoms with van der Waals surface area (Å²) >= 11 is 1.27. The quantitative estimate of drug-likeness (QED) is 0.595. The van der Waals surface area contributed by atoms with Crippen LogP contribution in [0, 0.1) is 12.7 Å². The summed E-state index contributed by atoms with van der Waals surface area (Å²) in [7, 11) is -3.81. The Morgan fingerprint density at radius 1 is 1.17 bits per heavy atom. The van der Waals surface area contributed by atoms with Crippen molar-refractivity contribution in [2.75, 3.05) is 11.9 Å². The Hall–Kier alpha value is -3.04. The number of aryl methyl sites for hydroxylation is 1. The van der Waals surface area contributed by atoms with Crippen molar-refractivity contribution in [3.8, 4) is 11.1 Å². The molecule has 2 heterocycles. The van der Waals surface area contributed by atoms with E-state index in [1.165, 1.54) is 29.5 Å².